The lowest BCUT2D eigenvalue weighted by Gasteiger charge is -2.48. The van der Waals surface area contributed by atoms with Crippen molar-refractivity contribution in [3.63, 3.8) is 0 Å². The molecule has 2 aliphatic rings. The van der Waals surface area contributed by atoms with E-state index in [0.717, 1.165) is 0 Å². The first-order chi connectivity index (χ1) is 15.2. The van der Waals surface area contributed by atoms with Gasteiger partial charge in [-0.15, -0.1) is 13.2 Å². The molecule has 0 amide bonds. The van der Waals surface area contributed by atoms with Crippen LogP contribution in [0.2, 0.25) is 5.02 Å². The van der Waals surface area contributed by atoms with Gasteiger partial charge in [0.1, 0.15) is 11.9 Å². The monoisotopic (exact) mass is 488 g/mol. The maximum Gasteiger partial charge on any atom is 0.573 e. The first-order valence-electron chi connectivity index (χ1n) is 10.3. The van der Waals surface area contributed by atoms with Crippen LogP contribution in [0.4, 0.5) is 13.2 Å². The highest BCUT2D eigenvalue weighted by Crippen LogP contribution is 2.53. The van der Waals surface area contributed by atoms with Gasteiger partial charge in [-0.25, -0.2) is 0 Å². The Bertz CT molecular complexity index is 1020. The van der Waals surface area contributed by atoms with Gasteiger partial charge in [-0.05, 0) is 55.7 Å². The fourth-order valence-corrected chi connectivity index (χ4v) is 4.60. The molecule has 2 heterocycles. The lowest BCUT2D eigenvalue weighted by atomic mass is 9.76. The minimum atomic E-state index is -4.77. The molecule has 2 aromatic rings. The summed E-state index contributed by atoms with van der Waals surface area (Å²) < 4.78 is 53.1. The topological polar surface area (TPSA) is 88.4 Å². The van der Waals surface area contributed by atoms with Crippen molar-refractivity contribution in [2.45, 2.75) is 62.2 Å². The van der Waals surface area contributed by atoms with E-state index in [1.165, 1.54) is 38.1 Å². The molecule has 0 aromatic heterocycles. The number of halogens is 4. The van der Waals surface area contributed by atoms with Crippen LogP contribution < -0.4 is 4.74 Å². The van der Waals surface area contributed by atoms with Crippen molar-refractivity contribution >= 4 is 11.6 Å². The SMILES string of the molecule is CC(C)(O)[C@]12CO[C@](c3ccc(Cl)c(Cc4ccc(OC(F)(F)F)cc4)c3)(C[C@@H](O)[C@@H]1O)O2. The van der Waals surface area contributed by atoms with Crippen molar-refractivity contribution in [3.8, 4) is 5.75 Å². The van der Waals surface area contributed by atoms with E-state index >= 15 is 0 Å². The number of aliphatic hydroxyl groups excluding tert-OH is 2. The van der Waals surface area contributed by atoms with Crippen LogP contribution in [0.5, 0.6) is 5.75 Å². The van der Waals surface area contributed by atoms with E-state index in [9.17, 15) is 28.5 Å². The molecular weight excluding hydrogens is 465 g/mol. The zero-order chi connectivity index (χ0) is 24.2. The highest BCUT2D eigenvalue weighted by atomic mass is 35.5. The van der Waals surface area contributed by atoms with Gasteiger partial charge in [0, 0.05) is 17.0 Å². The summed E-state index contributed by atoms with van der Waals surface area (Å²) in [5, 5.41) is 32.2. The van der Waals surface area contributed by atoms with E-state index in [0.29, 0.717) is 28.1 Å². The van der Waals surface area contributed by atoms with Crippen LogP contribution in [0.3, 0.4) is 0 Å². The van der Waals surface area contributed by atoms with Crippen LogP contribution in [0, 0.1) is 0 Å². The Hall–Kier alpha value is -1.88. The highest BCUT2D eigenvalue weighted by Gasteiger charge is 2.67. The van der Waals surface area contributed by atoms with Crippen molar-refractivity contribution in [2.75, 3.05) is 6.61 Å². The largest absolute Gasteiger partial charge is 0.573 e. The third-order valence-corrected chi connectivity index (χ3v) is 6.63. The van der Waals surface area contributed by atoms with Crippen molar-refractivity contribution < 1.29 is 42.7 Å². The van der Waals surface area contributed by atoms with Crippen molar-refractivity contribution in [2.24, 2.45) is 0 Å². The van der Waals surface area contributed by atoms with E-state index in [1.54, 1.807) is 18.2 Å². The van der Waals surface area contributed by atoms with Crippen LogP contribution in [-0.2, 0) is 21.7 Å². The number of alkyl halides is 3. The molecule has 2 aliphatic heterocycles. The van der Waals surface area contributed by atoms with Gasteiger partial charge in [0.25, 0.3) is 0 Å². The Morgan fingerprint density at radius 1 is 1.12 bits per heavy atom. The van der Waals surface area contributed by atoms with Gasteiger partial charge in [-0.2, -0.15) is 0 Å². The number of rotatable bonds is 5. The summed E-state index contributed by atoms with van der Waals surface area (Å²) in [5.41, 5.74) is -1.15. The minimum absolute atomic E-state index is 0.0590. The third kappa shape index (κ3) is 4.45. The van der Waals surface area contributed by atoms with Gasteiger partial charge in [-0.3, -0.25) is 0 Å². The standard InChI is InChI=1S/C23H24ClF3O6/c1-20(2,30)21-12-31-22(33-21,11-18(28)19(21)29)15-5-8-17(24)14(10-15)9-13-3-6-16(7-4-13)32-23(25,26)27/h3-8,10,18-19,28-30H,9,11-12H2,1-2H3/t18-,19+,21+,22-/m1/s1. The number of hydrogen-bond donors (Lipinski definition) is 3. The summed E-state index contributed by atoms with van der Waals surface area (Å²) in [6.07, 6.45) is -7.07. The van der Waals surface area contributed by atoms with E-state index in [2.05, 4.69) is 4.74 Å². The fourth-order valence-electron chi connectivity index (χ4n) is 4.42. The second-order valence-electron chi connectivity index (χ2n) is 8.98. The van der Waals surface area contributed by atoms with Gasteiger partial charge in [-0.1, -0.05) is 29.8 Å². The molecule has 0 aliphatic carbocycles. The Balaban J connectivity index is 1.62. The molecule has 0 spiro atoms. The first-order valence-corrected chi connectivity index (χ1v) is 10.7. The smallest absolute Gasteiger partial charge is 0.406 e. The average molecular weight is 489 g/mol. The fraction of sp³-hybridized carbons (Fsp3) is 0.478. The second kappa shape index (κ2) is 8.11. The number of fused-ring (bicyclic) bond motifs is 2. The molecule has 2 bridgehead atoms. The predicted molar refractivity (Wildman–Crippen MR) is 112 cm³/mol. The van der Waals surface area contributed by atoms with Crippen LogP contribution in [-0.4, -0.2) is 51.7 Å². The number of aliphatic hydroxyl groups is 3. The maximum absolute atomic E-state index is 12.4. The molecule has 2 fully saturated rings. The molecule has 0 radical (unpaired) electrons. The van der Waals surface area contributed by atoms with Crippen LogP contribution >= 0.6 is 11.6 Å². The molecule has 4 atom stereocenters. The normalized spacial score (nSPS) is 29.8. The molecule has 6 nitrogen and oxygen atoms in total. The first kappa shape index (κ1) is 24.3. The molecule has 4 rings (SSSR count). The number of ether oxygens (including phenoxy) is 3. The zero-order valence-electron chi connectivity index (χ0n) is 17.9. The summed E-state index contributed by atoms with van der Waals surface area (Å²) in [6.45, 7) is 2.83. The Kier molecular flexibility index (Phi) is 5.96. The minimum Gasteiger partial charge on any atom is -0.406 e. The molecule has 2 saturated heterocycles. The molecule has 10 heteroatoms. The van der Waals surface area contributed by atoms with Crippen LogP contribution in [0.25, 0.3) is 0 Å². The van der Waals surface area contributed by atoms with Crippen molar-refractivity contribution in [3.05, 3.63) is 64.2 Å². The maximum atomic E-state index is 12.4. The molecule has 180 valence electrons. The van der Waals surface area contributed by atoms with Gasteiger partial charge in [0.2, 0.25) is 0 Å². The van der Waals surface area contributed by atoms with E-state index in [1.807, 2.05) is 0 Å². The van der Waals surface area contributed by atoms with Gasteiger partial charge in [0.05, 0.1) is 18.3 Å². The van der Waals surface area contributed by atoms with E-state index in [4.69, 9.17) is 21.1 Å². The second-order valence-corrected chi connectivity index (χ2v) is 9.39. The Morgan fingerprint density at radius 2 is 1.79 bits per heavy atom. The van der Waals surface area contributed by atoms with E-state index < -0.39 is 35.6 Å². The summed E-state index contributed by atoms with van der Waals surface area (Å²) in [6, 6.07) is 10.5. The van der Waals surface area contributed by atoms with Gasteiger partial charge in [0.15, 0.2) is 11.4 Å². The van der Waals surface area contributed by atoms with Gasteiger partial charge < -0.3 is 29.5 Å². The molecule has 0 saturated carbocycles. The summed E-state index contributed by atoms with van der Waals surface area (Å²) in [4.78, 5) is 0. The third-order valence-electron chi connectivity index (χ3n) is 6.26. The highest BCUT2D eigenvalue weighted by molar-refractivity contribution is 6.31. The summed E-state index contributed by atoms with van der Waals surface area (Å²) >= 11 is 6.37. The molecule has 0 unspecified atom stereocenters. The Labute approximate surface area is 193 Å². The summed E-state index contributed by atoms with van der Waals surface area (Å²) in [5.74, 6) is -1.72. The lowest BCUT2D eigenvalue weighted by molar-refractivity contribution is -0.308. The average Bonchev–Trinajstić information content (AvgIpc) is 3.06. The van der Waals surface area contributed by atoms with Crippen molar-refractivity contribution in [1.29, 1.82) is 0 Å². The predicted octanol–water partition coefficient (Wildman–Crippen LogP) is 3.66. The number of hydrogen-bond acceptors (Lipinski definition) is 6. The van der Waals surface area contributed by atoms with Gasteiger partial charge >= 0.3 is 6.36 Å². The zero-order valence-corrected chi connectivity index (χ0v) is 18.7. The van der Waals surface area contributed by atoms with Crippen molar-refractivity contribution in [1.82, 2.24) is 0 Å². The summed E-state index contributed by atoms with van der Waals surface area (Å²) in [7, 11) is 0. The van der Waals surface area contributed by atoms with Crippen LogP contribution in [0.15, 0.2) is 42.5 Å². The van der Waals surface area contributed by atoms with E-state index in [-0.39, 0.29) is 18.8 Å². The van der Waals surface area contributed by atoms with Crippen LogP contribution in [0.1, 0.15) is 37.0 Å². The quantitative estimate of drug-likeness (QED) is 0.595. The number of benzene rings is 2. The molecular formula is C23H24ClF3O6. The lowest BCUT2D eigenvalue weighted by Crippen LogP contribution is -2.66. The molecule has 2 aromatic carbocycles. The molecule has 33 heavy (non-hydrogen) atoms. The Morgan fingerprint density at radius 3 is 2.39 bits per heavy atom. The molecule has 3 N–H and O–H groups in total.